The Morgan fingerprint density at radius 3 is 3.16 bits per heavy atom. The summed E-state index contributed by atoms with van der Waals surface area (Å²) >= 11 is 0. The van der Waals surface area contributed by atoms with E-state index < -0.39 is 0 Å². The lowest BCUT2D eigenvalue weighted by Gasteiger charge is -2.25. The minimum atomic E-state index is -0.108. The number of rotatable bonds is 4. The van der Waals surface area contributed by atoms with E-state index in [1.54, 1.807) is 30.4 Å². The van der Waals surface area contributed by atoms with E-state index in [9.17, 15) is 4.79 Å². The monoisotopic (exact) mass is 263 g/mol. The van der Waals surface area contributed by atoms with Crippen LogP contribution in [0.2, 0.25) is 0 Å². The summed E-state index contributed by atoms with van der Waals surface area (Å²) in [4.78, 5) is 17.6. The first kappa shape index (κ1) is 13.8. The number of amides is 2. The van der Waals surface area contributed by atoms with Gasteiger partial charge in [0, 0.05) is 26.4 Å². The second-order valence-corrected chi connectivity index (χ2v) is 4.87. The maximum atomic E-state index is 11.9. The molecule has 1 aliphatic rings. The number of carbonyl (C=O) groups excluding carboxylic acids is 1. The third-order valence-corrected chi connectivity index (χ3v) is 3.32. The smallest absolute Gasteiger partial charge is 0.321 e. The van der Waals surface area contributed by atoms with E-state index in [1.807, 2.05) is 6.07 Å². The summed E-state index contributed by atoms with van der Waals surface area (Å²) in [6.07, 6.45) is 8.02. The summed E-state index contributed by atoms with van der Waals surface area (Å²) in [5.74, 6) is 0. The molecule has 0 unspecified atom stereocenters. The van der Waals surface area contributed by atoms with Gasteiger partial charge >= 0.3 is 6.03 Å². The normalized spacial score (nSPS) is 18.9. The number of pyridine rings is 1. The Labute approximate surface area is 114 Å². The van der Waals surface area contributed by atoms with E-state index in [0.717, 1.165) is 25.9 Å². The number of carbonyl (C=O) groups is 1. The Morgan fingerprint density at radius 2 is 2.47 bits per heavy atom. The van der Waals surface area contributed by atoms with E-state index in [4.69, 9.17) is 4.74 Å². The molecule has 0 bridgehead atoms. The summed E-state index contributed by atoms with van der Waals surface area (Å²) < 4.78 is 5.66. The van der Waals surface area contributed by atoms with Crippen LogP contribution in [0.1, 0.15) is 25.7 Å². The summed E-state index contributed by atoms with van der Waals surface area (Å²) in [6, 6.07) is 3.51. The molecule has 0 radical (unpaired) electrons. The number of ether oxygens (including phenoxy) is 1. The van der Waals surface area contributed by atoms with Gasteiger partial charge < -0.3 is 15.0 Å². The van der Waals surface area contributed by atoms with Gasteiger partial charge in [-0.3, -0.25) is 4.98 Å². The van der Waals surface area contributed by atoms with E-state index in [0.29, 0.717) is 18.3 Å². The van der Waals surface area contributed by atoms with Crippen molar-refractivity contribution >= 4 is 11.7 Å². The summed E-state index contributed by atoms with van der Waals surface area (Å²) in [6.45, 7) is 1.56. The second-order valence-electron chi connectivity index (χ2n) is 4.87. The lowest BCUT2D eigenvalue weighted by atomic mass is 10.1. The molecule has 2 rings (SSSR count). The molecule has 0 saturated carbocycles. The van der Waals surface area contributed by atoms with E-state index in [2.05, 4.69) is 10.3 Å². The van der Waals surface area contributed by atoms with Crippen LogP contribution in [0.25, 0.3) is 0 Å². The maximum Gasteiger partial charge on any atom is 0.321 e. The molecule has 2 amide bonds. The average Bonchev–Trinajstić information content (AvgIpc) is 2.47. The molecule has 5 heteroatoms. The van der Waals surface area contributed by atoms with Crippen LogP contribution in [0.15, 0.2) is 24.5 Å². The van der Waals surface area contributed by atoms with Gasteiger partial charge in [0.2, 0.25) is 0 Å². The average molecular weight is 263 g/mol. The highest BCUT2D eigenvalue weighted by Gasteiger charge is 2.16. The van der Waals surface area contributed by atoms with Gasteiger partial charge in [0.15, 0.2) is 0 Å². The SMILES string of the molecule is CN(CC[C@H]1CCCCO1)C(=O)Nc1cccnc1. The molecular weight excluding hydrogens is 242 g/mol. The predicted molar refractivity (Wildman–Crippen MR) is 74.1 cm³/mol. The van der Waals surface area contributed by atoms with Crippen molar-refractivity contribution in [2.45, 2.75) is 31.8 Å². The highest BCUT2D eigenvalue weighted by Crippen LogP contribution is 2.15. The summed E-state index contributed by atoms with van der Waals surface area (Å²) in [5, 5.41) is 2.81. The van der Waals surface area contributed by atoms with Crippen LogP contribution in [-0.2, 0) is 4.74 Å². The molecule has 19 heavy (non-hydrogen) atoms. The molecule has 1 saturated heterocycles. The number of urea groups is 1. The Morgan fingerprint density at radius 1 is 1.58 bits per heavy atom. The largest absolute Gasteiger partial charge is 0.378 e. The van der Waals surface area contributed by atoms with Crippen molar-refractivity contribution in [2.24, 2.45) is 0 Å². The Hall–Kier alpha value is -1.62. The van der Waals surface area contributed by atoms with Gasteiger partial charge in [-0.25, -0.2) is 4.79 Å². The van der Waals surface area contributed by atoms with Crippen molar-refractivity contribution in [3.8, 4) is 0 Å². The number of nitrogens with one attached hydrogen (secondary N) is 1. The van der Waals surface area contributed by atoms with Crippen LogP contribution in [0.5, 0.6) is 0 Å². The maximum absolute atomic E-state index is 11.9. The highest BCUT2D eigenvalue weighted by molar-refractivity contribution is 5.88. The van der Waals surface area contributed by atoms with Crippen molar-refractivity contribution < 1.29 is 9.53 Å². The molecule has 1 aromatic heterocycles. The minimum Gasteiger partial charge on any atom is -0.378 e. The first-order valence-corrected chi connectivity index (χ1v) is 6.79. The molecule has 1 N–H and O–H groups in total. The fourth-order valence-corrected chi connectivity index (χ4v) is 2.13. The molecule has 1 aromatic rings. The zero-order chi connectivity index (χ0) is 13.5. The van der Waals surface area contributed by atoms with Crippen molar-refractivity contribution in [1.29, 1.82) is 0 Å². The van der Waals surface area contributed by atoms with Crippen LogP contribution in [0.3, 0.4) is 0 Å². The van der Waals surface area contributed by atoms with Crippen LogP contribution in [-0.4, -0.2) is 42.2 Å². The quantitative estimate of drug-likeness (QED) is 0.908. The molecule has 0 aliphatic carbocycles. The molecule has 0 spiro atoms. The van der Waals surface area contributed by atoms with Crippen LogP contribution < -0.4 is 5.32 Å². The fourth-order valence-electron chi connectivity index (χ4n) is 2.13. The lowest BCUT2D eigenvalue weighted by molar-refractivity contribution is 0.00848. The minimum absolute atomic E-state index is 0.108. The molecule has 104 valence electrons. The van der Waals surface area contributed by atoms with Crippen LogP contribution in [0.4, 0.5) is 10.5 Å². The number of hydrogen-bond donors (Lipinski definition) is 1. The zero-order valence-corrected chi connectivity index (χ0v) is 11.3. The third-order valence-electron chi connectivity index (χ3n) is 3.32. The van der Waals surface area contributed by atoms with Gasteiger partial charge in [0.25, 0.3) is 0 Å². The molecule has 2 heterocycles. The number of aromatic nitrogens is 1. The van der Waals surface area contributed by atoms with Gasteiger partial charge in [-0.2, -0.15) is 0 Å². The van der Waals surface area contributed by atoms with Crippen molar-refractivity contribution in [3.05, 3.63) is 24.5 Å². The first-order chi connectivity index (χ1) is 9.25. The highest BCUT2D eigenvalue weighted by atomic mass is 16.5. The molecule has 1 atom stereocenters. The number of anilines is 1. The fraction of sp³-hybridized carbons (Fsp3) is 0.571. The number of nitrogens with zero attached hydrogens (tertiary/aromatic N) is 2. The molecule has 1 aliphatic heterocycles. The standard InChI is InChI=1S/C14H21N3O2/c1-17(9-7-13-6-2-3-10-19-13)14(18)16-12-5-4-8-15-11-12/h4-5,8,11,13H,2-3,6-7,9-10H2,1H3,(H,16,18)/t13-/m1/s1. The second kappa shape index (κ2) is 7.09. The van der Waals surface area contributed by atoms with Crippen molar-refractivity contribution in [1.82, 2.24) is 9.88 Å². The topological polar surface area (TPSA) is 54.5 Å². The predicted octanol–water partition coefficient (Wildman–Crippen LogP) is 2.50. The molecular formula is C14H21N3O2. The summed E-state index contributed by atoms with van der Waals surface area (Å²) in [7, 11) is 1.80. The molecule has 0 aromatic carbocycles. The molecule has 5 nitrogen and oxygen atoms in total. The lowest BCUT2D eigenvalue weighted by Crippen LogP contribution is -2.34. The Kier molecular flexibility index (Phi) is 5.15. The Balaban J connectivity index is 1.73. The van der Waals surface area contributed by atoms with Gasteiger partial charge in [0.05, 0.1) is 18.0 Å². The van der Waals surface area contributed by atoms with Gasteiger partial charge in [-0.15, -0.1) is 0 Å². The van der Waals surface area contributed by atoms with Gasteiger partial charge in [-0.05, 0) is 37.8 Å². The van der Waals surface area contributed by atoms with Crippen LogP contribution in [0, 0.1) is 0 Å². The summed E-state index contributed by atoms with van der Waals surface area (Å²) in [5.41, 5.74) is 0.716. The molecule has 1 fully saturated rings. The van der Waals surface area contributed by atoms with Crippen molar-refractivity contribution in [2.75, 3.05) is 25.5 Å². The third kappa shape index (κ3) is 4.52. The first-order valence-electron chi connectivity index (χ1n) is 6.79. The van der Waals surface area contributed by atoms with Gasteiger partial charge in [0.1, 0.15) is 0 Å². The van der Waals surface area contributed by atoms with Crippen LogP contribution >= 0.6 is 0 Å². The number of hydrogen-bond acceptors (Lipinski definition) is 3. The van der Waals surface area contributed by atoms with E-state index in [1.165, 1.54) is 6.42 Å². The Bertz CT molecular complexity index is 391. The van der Waals surface area contributed by atoms with E-state index in [-0.39, 0.29) is 6.03 Å². The zero-order valence-electron chi connectivity index (χ0n) is 11.3. The van der Waals surface area contributed by atoms with Crippen molar-refractivity contribution in [3.63, 3.8) is 0 Å². The van der Waals surface area contributed by atoms with Gasteiger partial charge in [-0.1, -0.05) is 0 Å². The van der Waals surface area contributed by atoms with E-state index >= 15 is 0 Å².